The standard InChI is InChI=1S/C15H23NO5/c1-3-5-6-12(4-2)10-21-11-13(17)9-16-14(18)7-8-15(19)20/h3-6,13,17H,2,7-11H2,1H3,(H,16,18)(H,19,20)/b5-3-,12-6+. The fourth-order valence-electron chi connectivity index (χ4n) is 1.31. The summed E-state index contributed by atoms with van der Waals surface area (Å²) in [6.45, 7) is 5.97. The van der Waals surface area contributed by atoms with E-state index < -0.39 is 18.0 Å². The largest absolute Gasteiger partial charge is 0.481 e. The van der Waals surface area contributed by atoms with Gasteiger partial charge >= 0.3 is 5.97 Å². The molecule has 0 saturated carbocycles. The van der Waals surface area contributed by atoms with Crippen molar-refractivity contribution in [2.24, 2.45) is 0 Å². The van der Waals surface area contributed by atoms with Gasteiger partial charge in [-0.25, -0.2) is 0 Å². The fraction of sp³-hybridized carbons (Fsp3) is 0.467. The third-order valence-corrected chi connectivity index (χ3v) is 2.44. The summed E-state index contributed by atoms with van der Waals surface area (Å²) in [5.74, 6) is -1.44. The van der Waals surface area contributed by atoms with Gasteiger partial charge in [-0.05, 0) is 12.5 Å². The third-order valence-electron chi connectivity index (χ3n) is 2.44. The van der Waals surface area contributed by atoms with Crippen LogP contribution in [0.15, 0.2) is 36.5 Å². The Morgan fingerprint density at radius 3 is 2.67 bits per heavy atom. The van der Waals surface area contributed by atoms with Crippen molar-refractivity contribution < 1.29 is 24.5 Å². The van der Waals surface area contributed by atoms with E-state index in [4.69, 9.17) is 9.84 Å². The molecule has 1 amide bonds. The summed E-state index contributed by atoms with van der Waals surface area (Å²) in [6.07, 6.45) is 6.09. The zero-order chi connectivity index (χ0) is 16.1. The van der Waals surface area contributed by atoms with Crippen LogP contribution in [0.5, 0.6) is 0 Å². The second-order valence-electron chi connectivity index (χ2n) is 4.34. The summed E-state index contributed by atoms with van der Waals surface area (Å²) in [5, 5.41) is 20.5. The minimum atomic E-state index is -1.03. The molecule has 0 aromatic carbocycles. The van der Waals surface area contributed by atoms with Crippen LogP contribution < -0.4 is 5.32 Å². The van der Waals surface area contributed by atoms with Crippen LogP contribution >= 0.6 is 0 Å². The highest BCUT2D eigenvalue weighted by molar-refractivity contribution is 5.80. The number of carboxylic acids is 1. The van der Waals surface area contributed by atoms with E-state index in [0.717, 1.165) is 5.57 Å². The van der Waals surface area contributed by atoms with Crippen LogP contribution in [0.3, 0.4) is 0 Å². The highest BCUT2D eigenvalue weighted by Gasteiger charge is 2.09. The first-order chi connectivity index (χ1) is 9.99. The molecule has 0 fully saturated rings. The lowest BCUT2D eigenvalue weighted by Gasteiger charge is -2.12. The summed E-state index contributed by atoms with van der Waals surface area (Å²) in [4.78, 5) is 21.5. The molecule has 1 atom stereocenters. The van der Waals surface area contributed by atoms with E-state index in [2.05, 4.69) is 11.9 Å². The topological polar surface area (TPSA) is 95.9 Å². The highest BCUT2D eigenvalue weighted by atomic mass is 16.5. The molecule has 0 spiro atoms. The van der Waals surface area contributed by atoms with Crippen molar-refractivity contribution >= 4 is 11.9 Å². The molecule has 0 aromatic heterocycles. The predicted octanol–water partition coefficient (Wildman–Crippen LogP) is 1.03. The Morgan fingerprint density at radius 1 is 1.38 bits per heavy atom. The molecule has 0 aromatic rings. The van der Waals surface area contributed by atoms with E-state index in [-0.39, 0.29) is 26.0 Å². The molecular weight excluding hydrogens is 274 g/mol. The minimum absolute atomic E-state index is 0.0282. The summed E-state index contributed by atoms with van der Waals surface area (Å²) in [5.41, 5.74) is 0.880. The van der Waals surface area contributed by atoms with E-state index >= 15 is 0 Å². The van der Waals surface area contributed by atoms with Gasteiger partial charge < -0.3 is 20.3 Å². The lowest BCUT2D eigenvalue weighted by Crippen LogP contribution is -2.34. The van der Waals surface area contributed by atoms with Gasteiger partial charge in [0.15, 0.2) is 0 Å². The first-order valence-corrected chi connectivity index (χ1v) is 6.68. The number of rotatable bonds is 11. The average Bonchev–Trinajstić information content (AvgIpc) is 2.46. The van der Waals surface area contributed by atoms with E-state index in [1.54, 1.807) is 6.08 Å². The third kappa shape index (κ3) is 11.6. The Bertz CT molecular complexity index is 401. The quantitative estimate of drug-likeness (QED) is 0.495. The monoisotopic (exact) mass is 297 g/mol. The van der Waals surface area contributed by atoms with Gasteiger partial charge in [0.05, 0.1) is 25.7 Å². The Kier molecular flexibility index (Phi) is 10.8. The van der Waals surface area contributed by atoms with Crippen LogP contribution in [0, 0.1) is 0 Å². The number of ether oxygens (including phenoxy) is 1. The number of aliphatic carboxylic acids is 1. The van der Waals surface area contributed by atoms with E-state index in [1.807, 2.05) is 25.2 Å². The predicted molar refractivity (Wildman–Crippen MR) is 79.8 cm³/mol. The molecule has 6 heteroatoms. The van der Waals surface area contributed by atoms with Gasteiger partial charge in [0.2, 0.25) is 5.91 Å². The van der Waals surface area contributed by atoms with Crippen molar-refractivity contribution in [3.63, 3.8) is 0 Å². The van der Waals surface area contributed by atoms with E-state index in [1.165, 1.54) is 0 Å². The van der Waals surface area contributed by atoms with Gasteiger partial charge in [0.1, 0.15) is 0 Å². The normalized spacial score (nSPS) is 13.1. The molecule has 0 rings (SSSR count). The molecule has 0 radical (unpaired) electrons. The van der Waals surface area contributed by atoms with Crippen LogP contribution in [0.2, 0.25) is 0 Å². The Hall–Kier alpha value is -1.92. The number of carbonyl (C=O) groups excluding carboxylic acids is 1. The molecule has 0 aliphatic rings. The minimum Gasteiger partial charge on any atom is -0.481 e. The van der Waals surface area contributed by atoms with Crippen LogP contribution in [0.1, 0.15) is 19.8 Å². The molecule has 0 aliphatic heterocycles. The number of amides is 1. The molecule has 118 valence electrons. The number of allylic oxidation sites excluding steroid dienone is 3. The summed E-state index contributed by atoms with van der Waals surface area (Å²) in [6, 6.07) is 0. The Balaban J connectivity index is 3.84. The van der Waals surface area contributed by atoms with E-state index in [9.17, 15) is 14.7 Å². The molecule has 0 saturated heterocycles. The number of hydrogen-bond donors (Lipinski definition) is 3. The van der Waals surface area contributed by atoms with Gasteiger partial charge in [0.25, 0.3) is 0 Å². The fourth-order valence-corrected chi connectivity index (χ4v) is 1.31. The maximum Gasteiger partial charge on any atom is 0.303 e. The Labute approximate surface area is 124 Å². The van der Waals surface area contributed by atoms with Crippen molar-refractivity contribution in [1.82, 2.24) is 5.32 Å². The maximum atomic E-state index is 11.2. The molecule has 0 bridgehead atoms. The van der Waals surface area contributed by atoms with Crippen LogP contribution in [-0.2, 0) is 14.3 Å². The van der Waals surface area contributed by atoms with Gasteiger partial charge in [0, 0.05) is 13.0 Å². The summed E-state index contributed by atoms with van der Waals surface area (Å²) in [7, 11) is 0. The first kappa shape index (κ1) is 19.1. The molecule has 3 N–H and O–H groups in total. The van der Waals surface area contributed by atoms with Gasteiger partial charge in [-0.2, -0.15) is 0 Å². The number of aliphatic hydroxyl groups is 1. The van der Waals surface area contributed by atoms with E-state index in [0.29, 0.717) is 6.61 Å². The molecular formula is C15H23NO5. The molecule has 0 aliphatic carbocycles. The van der Waals surface area contributed by atoms with Crippen LogP contribution in [0.25, 0.3) is 0 Å². The second kappa shape index (κ2) is 11.9. The number of aliphatic hydroxyl groups excluding tert-OH is 1. The molecule has 0 heterocycles. The number of nitrogens with one attached hydrogen (secondary N) is 1. The molecule has 6 nitrogen and oxygen atoms in total. The SMILES string of the molecule is C=C/C(=C\C=C/C)COCC(O)CNC(=O)CCC(=O)O. The van der Waals surface area contributed by atoms with Crippen LogP contribution in [-0.4, -0.2) is 48.0 Å². The van der Waals surface area contributed by atoms with Crippen molar-refractivity contribution in [2.45, 2.75) is 25.9 Å². The zero-order valence-corrected chi connectivity index (χ0v) is 12.2. The lowest BCUT2D eigenvalue weighted by atomic mass is 10.2. The Morgan fingerprint density at radius 2 is 2.10 bits per heavy atom. The van der Waals surface area contributed by atoms with Gasteiger partial charge in [-0.15, -0.1) is 0 Å². The molecule has 1 unspecified atom stereocenters. The highest BCUT2D eigenvalue weighted by Crippen LogP contribution is 1.98. The van der Waals surface area contributed by atoms with Crippen molar-refractivity contribution in [1.29, 1.82) is 0 Å². The summed E-state index contributed by atoms with van der Waals surface area (Å²) < 4.78 is 5.31. The average molecular weight is 297 g/mol. The van der Waals surface area contributed by atoms with Crippen molar-refractivity contribution in [3.05, 3.63) is 36.5 Å². The van der Waals surface area contributed by atoms with Crippen molar-refractivity contribution in [3.8, 4) is 0 Å². The maximum absolute atomic E-state index is 11.2. The number of carboxylic acid groups (broad SMARTS) is 1. The van der Waals surface area contributed by atoms with Gasteiger partial charge in [-0.1, -0.05) is 30.9 Å². The summed E-state index contributed by atoms with van der Waals surface area (Å²) >= 11 is 0. The smallest absolute Gasteiger partial charge is 0.303 e. The first-order valence-electron chi connectivity index (χ1n) is 6.68. The second-order valence-corrected chi connectivity index (χ2v) is 4.34. The zero-order valence-electron chi connectivity index (χ0n) is 12.2. The number of carbonyl (C=O) groups is 2. The lowest BCUT2D eigenvalue weighted by molar-refractivity contribution is -0.138. The van der Waals surface area contributed by atoms with Crippen molar-refractivity contribution in [2.75, 3.05) is 19.8 Å². The number of hydrogen-bond acceptors (Lipinski definition) is 4. The van der Waals surface area contributed by atoms with Gasteiger partial charge in [-0.3, -0.25) is 9.59 Å². The molecule has 21 heavy (non-hydrogen) atoms. The van der Waals surface area contributed by atoms with Crippen LogP contribution in [0.4, 0.5) is 0 Å².